The van der Waals surface area contributed by atoms with Crippen LogP contribution in [0.4, 0.5) is 10.1 Å². The van der Waals surface area contributed by atoms with E-state index in [0.29, 0.717) is 6.07 Å². The first-order chi connectivity index (χ1) is 7.54. The van der Waals surface area contributed by atoms with Crippen molar-refractivity contribution in [3.8, 4) is 5.75 Å². The van der Waals surface area contributed by atoms with Gasteiger partial charge in [0.25, 0.3) is 0 Å². The molecule has 1 rings (SSSR count). The zero-order valence-electron chi connectivity index (χ0n) is 8.31. The van der Waals surface area contributed by atoms with Gasteiger partial charge in [0.15, 0.2) is 12.4 Å². The topological polar surface area (TPSA) is 78.7 Å². The molecule has 0 aliphatic carbocycles. The predicted molar refractivity (Wildman–Crippen MR) is 50.6 cm³/mol. The zero-order chi connectivity index (χ0) is 12.1. The van der Waals surface area contributed by atoms with Crippen molar-refractivity contribution < 1.29 is 23.6 Å². The summed E-state index contributed by atoms with van der Waals surface area (Å²) in [5, 5.41) is 10.5. The minimum Gasteiger partial charge on any atom is -0.475 e. The van der Waals surface area contributed by atoms with E-state index in [1.54, 1.807) is 0 Å². The van der Waals surface area contributed by atoms with Gasteiger partial charge in [0.1, 0.15) is 5.82 Å². The summed E-state index contributed by atoms with van der Waals surface area (Å²) in [6, 6.07) is 2.79. The Morgan fingerprint density at radius 3 is 2.81 bits per heavy atom. The van der Waals surface area contributed by atoms with Crippen LogP contribution in [0, 0.1) is 15.9 Å². The maximum atomic E-state index is 12.7. The number of rotatable bonds is 4. The standard InChI is InChI=1S/C9H8FNO5/c1-15-9(12)5-16-8-3-2-6(10)4-7(8)11(13)14/h2-4H,5H2,1H3. The van der Waals surface area contributed by atoms with Gasteiger partial charge >= 0.3 is 11.7 Å². The van der Waals surface area contributed by atoms with E-state index in [0.717, 1.165) is 19.2 Å². The molecule has 0 radical (unpaired) electrons. The summed E-state index contributed by atoms with van der Waals surface area (Å²) in [4.78, 5) is 20.5. The van der Waals surface area contributed by atoms with Gasteiger partial charge in [0.05, 0.1) is 18.1 Å². The lowest BCUT2D eigenvalue weighted by molar-refractivity contribution is -0.386. The average Bonchev–Trinajstić information content (AvgIpc) is 2.26. The van der Waals surface area contributed by atoms with Crippen molar-refractivity contribution in [1.29, 1.82) is 0 Å². The summed E-state index contributed by atoms with van der Waals surface area (Å²) in [6.07, 6.45) is 0. The molecule has 0 atom stereocenters. The minimum atomic E-state index is -0.796. The number of nitro benzene ring substituents is 1. The lowest BCUT2D eigenvalue weighted by Gasteiger charge is -2.04. The highest BCUT2D eigenvalue weighted by molar-refractivity contribution is 5.71. The second kappa shape index (κ2) is 5.06. The van der Waals surface area contributed by atoms with Gasteiger partial charge in [-0.15, -0.1) is 0 Å². The molecule has 0 heterocycles. The lowest BCUT2D eigenvalue weighted by atomic mass is 10.3. The molecular formula is C9H8FNO5. The molecule has 0 aliphatic heterocycles. The molecule has 0 N–H and O–H groups in total. The molecule has 0 amide bonds. The van der Waals surface area contributed by atoms with Gasteiger partial charge in [-0.25, -0.2) is 9.18 Å². The number of ether oxygens (including phenoxy) is 2. The molecule has 0 saturated heterocycles. The van der Waals surface area contributed by atoms with E-state index in [2.05, 4.69) is 4.74 Å². The Hall–Kier alpha value is -2.18. The summed E-state index contributed by atoms with van der Waals surface area (Å²) in [5.74, 6) is -1.62. The van der Waals surface area contributed by atoms with E-state index in [4.69, 9.17) is 4.74 Å². The summed E-state index contributed by atoms with van der Waals surface area (Å²) in [7, 11) is 1.16. The second-order valence-electron chi connectivity index (χ2n) is 2.73. The van der Waals surface area contributed by atoms with Gasteiger partial charge in [0.2, 0.25) is 0 Å². The monoisotopic (exact) mass is 229 g/mol. The molecule has 0 aliphatic rings. The number of methoxy groups -OCH3 is 1. The van der Waals surface area contributed by atoms with Crippen LogP contribution in [0.3, 0.4) is 0 Å². The molecule has 1 aromatic rings. The third kappa shape index (κ3) is 2.91. The Kier molecular flexibility index (Phi) is 3.76. The number of benzene rings is 1. The molecule has 16 heavy (non-hydrogen) atoms. The predicted octanol–water partition coefficient (Wildman–Crippen LogP) is 1.29. The number of esters is 1. The molecule has 0 aromatic heterocycles. The van der Waals surface area contributed by atoms with Crippen molar-refractivity contribution in [2.75, 3.05) is 13.7 Å². The van der Waals surface area contributed by atoms with E-state index in [9.17, 15) is 19.3 Å². The molecule has 0 unspecified atom stereocenters. The first-order valence-corrected chi connectivity index (χ1v) is 4.18. The van der Waals surface area contributed by atoms with Crippen molar-refractivity contribution in [2.24, 2.45) is 0 Å². The number of carbonyl (C=O) groups excluding carboxylic acids is 1. The fourth-order valence-corrected chi connectivity index (χ4v) is 0.951. The van der Waals surface area contributed by atoms with Crippen LogP contribution in [0.5, 0.6) is 5.75 Å². The zero-order valence-corrected chi connectivity index (χ0v) is 8.31. The number of nitro groups is 1. The van der Waals surface area contributed by atoms with Crippen molar-refractivity contribution in [3.63, 3.8) is 0 Å². The van der Waals surface area contributed by atoms with Gasteiger partial charge < -0.3 is 9.47 Å². The summed E-state index contributed by atoms with van der Waals surface area (Å²) < 4.78 is 21.8. The molecule has 0 saturated carbocycles. The first-order valence-electron chi connectivity index (χ1n) is 4.18. The first kappa shape index (κ1) is 11.9. The van der Waals surface area contributed by atoms with E-state index < -0.39 is 29.0 Å². The number of halogens is 1. The van der Waals surface area contributed by atoms with Crippen molar-refractivity contribution >= 4 is 11.7 Å². The third-order valence-electron chi connectivity index (χ3n) is 1.69. The van der Waals surface area contributed by atoms with Crippen LogP contribution >= 0.6 is 0 Å². The molecule has 86 valence electrons. The Labute approximate surface area is 89.7 Å². The van der Waals surface area contributed by atoms with Gasteiger partial charge in [0, 0.05) is 0 Å². The van der Waals surface area contributed by atoms with Crippen LogP contribution < -0.4 is 4.74 Å². The fraction of sp³-hybridized carbons (Fsp3) is 0.222. The average molecular weight is 229 g/mol. The highest BCUT2D eigenvalue weighted by Gasteiger charge is 2.17. The highest BCUT2D eigenvalue weighted by atomic mass is 19.1. The number of nitrogens with zero attached hydrogens (tertiary/aromatic N) is 1. The molecular weight excluding hydrogens is 221 g/mol. The van der Waals surface area contributed by atoms with Crippen molar-refractivity contribution in [3.05, 3.63) is 34.1 Å². The van der Waals surface area contributed by atoms with Crippen LogP contribution in [0.1, 0.15) is 0 Å². The minimum absolute atomic E-state index is 0.184. The maximum Gasteiger partial charge on any atom is 0.343 e. The SMILES string of the molecule is COC(=O)COc1ccc(F)cc1[N+](=O)[O-]. The van der Waals surface area contributed by atoms with E-state index in [-0.39, 0.29) is 5.75 Å². The lowest BCUT2D eigenvalue weighted by Crippen LogP contribution is -2.13. The van der Waals surface area contributed by atoms with E-state index in [1.165, 1.54) is 0 Å². The second-order valence-corrected chi connectivity index (χ2v) is 2.73. The summed E-state index contributed by atoms with van der Waals surface area (Å²) in [5.41, 5.74) is -0.538. The molecule has 7 heteroatoms. The summed E-state index contributed by atoms with van der Waals surface area (Å²) >= 11 is 0. The normalized spacial score (nSPS) is 9.62. The number of hydrogen-bond acceptors (Lipinski definition) is 5. The Bertz CT molecular complexity index is 420. The van der Waals surface area contributed by atoms with Crippen LogP contribution in [-0.2, 0) is 9.53 Å². The van der Waals surface area contributed by atoms with Crippen molar-refractivity contribution in [1.82, 2.24) is 0 Å². The van der Waals surface area contributed by atoms with Crippen LogP contribution in [-0.4, -0.2) is 24.6 Å². The molecule has 1 aromatic carbocycles. The smallest absolute Gasteiger partial charge is 0.343 e. The van der Waals surface area contributed by atoms with Gasteiger partial charge in [-0.05, 0) is 12.1 Å². The van der Waals surface area contributed by atoms with Crippen LogP contribution in [0.25, 0.3) is 0 Å². The van der Waals surface area contributed by atoms with Gasteiger partial charge in [-0.3, -0.25) is 10.1 Å². The van der Waals surface area contributed by atoms with Crippen molar-refractivity contribution in [2.45, 2.75) is 0 Å². The van der Waals surface area contributed by atoms with Crippen LogP contribution in [0.15, 0.2) is 18.2 Å². The molecule has 0 spiro atoms. The third-order valence-corrected chi connectivity index (χ3v) is 1.69. The fourth-order valence-electron chi connectivity index (χ4n) is 0.951. The Morgan fingerprint density at radius 2 is 2.25 bits per heavy atom. The quantitative estimate of drug-likeness (QED) is 0.441. The maximum absolute atomic E-state index is 12.7. The van der Waals surface area contributed by atoms with E-state index in [1.807, 2.05) is 0 Å². The molecule has 0 bridgehead atoms. The van der Waals surface area contributed by atoms with Gasteiger partial charge in [-0.1, -0.05) is 0 Å². The molecule has 0 fully saturated rings. The van der Waals surface area contributed by atoms with E-state index >= 15 is 0 Å². The number of carbonyl (C=O) groups is 1. The highest BCUT2D eigenvalue weighted by Crippen LogP contribution is 2.27. The largest absolute Gasteiger partial charge is 0.475 e. The number of hydrogen-bond donors (Lipinski definition) is 0. The molecule has 6 nitrogen and oxygen atoms in total. The Morgan fingerprint density at radius 1 is 1.56 bits per heavy atom. The Balaban J connectivity index is 2.87. The van der Waals surface area contributed by atoms with Crippen LogP contribution in [0.2, 0.25) is 0 Å². The summed E-state index contributed by atoms with van der Waals surface area (Å²) in [6.45, 7) is -0.469. The van der Waals surface area contributed by atoms with Gasteiger partial charge in [-0.2, -0.15) is 0 Å².